The van der Waals surface area contributed by atoms with Crippen LogP contribution < -0.4 is 5.32 Å². The number of methoxy groups -OCH3 is 1. The predicted molar refractivity (Wildman–Crippen MR) is 103 cm³/mol. The molecule has 0 radical (unpaired) electrons. The molecule has 2 atom stereocenters. The van der Waals surface area contributed by atoms with Crippen LogP contribution in [0.4, 0.5) is 0 Å². The Bertz CT molecular complexity index is 642. The number of ether oxygens (including phenoxy) is 1. The van der Waals surface area contributed by atoms with Crippen LogP contribution in [0.2, 0.25) is 5.02 Å². The van der Waals surface area contributed by atoms with Gasteiger partial charge in [-0.25, -0.2) is 0 Å². The average molecular weight is 381 g/mol. The average Bonchev–Trinajstić information content (AvgIpc) is 2.58. The van der Waals surface area contributed by atoms with Gasteiger partial charge in [-0.1, -0.05) is 50.6 Å². The standard InChI is InChI=1S/C20H29ClN2O3/c1-20(2,3)13-22-19(25)15-9-10-17(24)23(11-12-26-4)18(15)14-7-5-6-8-16(14)21/h5-8,15,18H,9-13H2,1-4H3,(H,22,25)/t15-,18+/m1/s1. The van der Waals surface area contributed by atoms with Gasteiger partial charge >= 0.3 is 0 Å². The van der Waals surface area contributed by atoms with Crippen LogP contribution in [0, 0.1) is 11.3 Å². The van der Waals surface area contributed by atoms with Crippen LogP contribution in [0.15, 0.2) is 24.3 Å². The molecule has 1 N–H and O–H groups in total. The number of nitrogens with zero attached hydrogens (tertiary/aromatic N) is 1. The summed E-state index contributed by atoms with van der Waals surface area (Å²) in [4.78, 5) is 27.3. The van der Waals surface area contributed by atoms with E-state index in [1.54, 1.807) is 18.1 Å². The second kappa shape index (κ2) is 8.87. The molecule has 1 fully saturated rings. The van der Waals surface area contributed by atoms with E-state index in [4.69, 9.17) is 16.3 Å². The SMILES string of the molecule is COCCN1C(=O)CC[C@@H](C(=O)NCC(C)(C)C)[C@@H]1c1ccccc1Cl. The second-order valence-electron chi connectivity index (χ2n) is 7.97. The van der Waals surface area contributed by atoms with E-state index in [-0.39, 0.29) is 29.2 Å². The summed E-state index contributed by atoms with van der Waals surface area (Å²) in [7, 11) is 1.60. The first-order valence-corrected chi connectivity index (χ1v) is 9.43. The number of likely N-dealkylation sites (tertiary alicyclic amines) is 1. The Morgan fingerprint density at radius 3 is 2.65 bits per heavy atom. The highest BCUT2D eigenvalue weighted by molar-refractivity contribution is 6.31. The van der Waals surface area contributed by atoms with Gasteiger partial charge in [-0.05, 0) is 23.5 Å². The van der Waals surface area contributed by atoms with Crippen molar-refractivity contribution < 1.29 is 14.3 Å². The lowest BCUT2D eigenvalue weighted by Gasteiger charge is -2.41. The van der Waals surface area contributed by atoms with Crippen molar-refractivity contribution in [1.82, 2.24) is 10.2 Å². The maximum atomic E-state index is 12.9. The summed E-state index contributed by atoms with van der Waals surface area (Å²) in [5.74, 6) is -0.321. The molecule has 0 spiro atoms. The molecule has 0 unspecified atom stereocenters. The topological polar surface area (TPSA) is 58.6 Å². The van der Waals surface area contributed by atoms with Crippen molar-refractivity contribution in [3.63, 3.8) is 0 Å². The molecule has 6 heteroatoms. The highest BCUT2D eigenvalue weighted by Gasteiger charge is 2.41. The molecule has 0 aromatic heterocycles. The molecule has 1 aliphatic heterocycles. The monoisotopic (exact) mass is 380 g/mol. The van der Waals surface area contributed by atoms with Gasteiger partial charge in [0.1, 0.15) is 0 Å². The van der Waals surface area contributed by atoms with E-state index >= 15 is 0 Å². The first-order valence-electron chi connectivity index (χ1n) is 9.05. The van der Waals surface area contributed by atoms with E-state index in [0.717, 1.165) is 5.56 Å². The van der Waals surface area contributed by atoms with Crippen LogP contribution in [-0.2, 0) is 14.3 Å². The number of halogens is 1. The van der Waals surface area contributed by atoms with Gasteiger partial charge in [-0.2, -0.15) is 0 Å². The Morgan fingerprint density at radius 1 is 1.35 bits per heavy atom. The lowest BCUT2D eigenvalue weighted by Crippen LogP contribution is -2.49. The molecular weight excluding hydrogens is 352 g/mol. The van der Waals surface area contributed by atoms with E-state index in [0.29, 0.717) is 37.6 Å². The molecule has 1 heterocycles. The zero-order chi connectivity index (χ0) is 19.3. The highest BCUT2D eigenvalue weighted by atomic mass is 35.5. The van der Waals surface area contributed by atoms with Gasteiger partial charge < -0.3 is 15.0 Å². The Labute approximate surface area is 161 Å². The molecular formula is C20H29ClN2O3. The van der Waals surface area contributed by atoms with Crippen LogP contribution in [0.25, 0.3) is 0 Å². The van der Waals surface area contributed by atoms with Gasteiger partial charge in [0.25, 0.3) is 0 Å². The van der Waals surface area contributed by atoms with E-state index in [1.165, 1.54) is 0 Å². The van der Waals surface area contributed by atoms with Crippen molar-refractivity contribution in [2.75, 3.05) is 26.8 Å². The van der Waals surface area contributed by atoms with Gasteiger partial charge in [0.15, 0.2) is 0 Å². The summed E-state index contributed by atoms with van der Waals surface area (Å²) >= 11 is 6.42. The van der Waals surface area contributed by atoms with Crippen LogP contribution in [0.1, 0.15) is 45.2 Å². The van der Waals surface area contributed by atoms with Gasteiger partial charge in [0.05, 0.1) is 18.6 Å². The van der Waals surface area contributed by atoms with Crippen molar-refractivity contribution in [2.45, 2.75) is 39.7 Å². The fraction of sp³-hybridized carbons (Fsp3) is 0.600. The molecule has 0 saturated carbocycles. The van der Waals surface area contributed by atoms with Crippen LogP contribution >= 0.6 is 11.6 Å². The Kier molecular flexibility index (Phi) is 7.07. The number of benzene rings is 1. The fourth-order valence-corrected chi connectivity index (χ4v) is 3.51. The third-order valence-electron chi connectivity index (χ3n) is 4.60. The van der Waals surface area contributed by atoms with E-state index in [1.807, 2.05) is 18.2 Å². The van der Waals surface area contributed by atoms with E-state index in [2.05, 4.69) is 26.1 Å². The maximum absolute atomic E-state index is 12.9. The first kappa shape index (κ1) is 20.7. The third kappa shape index (κ3) is 5.21. The Hall–Kier alpha value is -1.59. The van der Waals surface area contributed by atoms with Gasteiger partial charge in [0, 0.05) is 31.6 Å². The summed E-state index contributed by atoms with van der Waals surface area (Å²) in [5.41, 5.74) is 0.810. The molecule has 144 valence electrons. The zero-order valence-corrected chi connectivity index (χ0v) is 16.8. The third-order valence-corrected chi connectivity index (χ3v) is 4.94. The van der Waals surface area contributed by atoms with E-state index < -0.39 is 0 Å². The number of carbonyl (C=O) groups is 2. The largest absolute Gasteiger partial charge is 0.383 e. The fourth-order valence-electron chi connectivity index (χ4n) is 3.26. The number of piperidine rings is 1. The Morgan fingerprint density at radius 2 is 2.04 bits per heavy atom. The number of nitrogens with one attached hydrogen (secondary N) is 1. The maximum Gasteiger partial charge on any atom is 0.225 e. The van der Waals surface area contributed by atoms with Crippen LogP contribution in [0.5, 0.6) is 0 Å². The van der Waals surface area contributed by atoms with Crippen molar-refractivity contribution in [3.05, 3.63) is 34.9 Å². The minimum atomic E-state index is -0.375. The Balaban J connectivity index is 2.33. The van der Waals surface area contributed by atoms with E-state index in [9.17, 15) is 9.59 Å². The van der Waals surface area contributed by atoms with Gasteiger partial charge in [0.2, 0.25) is 11.8 Å². The van der Waals surface area contributed by atoms with Crippen molar-refractivity contribution in [3.8, 4) is 0 Å². The van der Waals surface area contributed by atoms with Crippen molar-refractivity contribution in [1.29, 1.82) is 0 Å². The molecule has 2 rings (SSSR count). The minimum absolute atomic E-state index is 0.00419. The second-order valence-corrected chi connectivity index (χ2v) is 8.38. The smallest absolute Gasteiger partial charge is 0.225 e. The number of rotatable bonds is 6. The molecule has 1 aromatic carbocycles. The quantitative estimate of drug-likeness (QED) is 0.822. The molecule has 2 amide bonds. The van der Waals surface area contributed by atoms with Gasteiger partial charge in [-0.15, -0.1) is 0 Å². The summed E-state index contributed by atoms with van der Waals surface area (Å²) in [6.45, 7) is 7.68. The molecule has 0 bridgehead atoms. The number of carbonyl (C=O) groups excluding carboxylic acids is 2. The van der Waals surface area contributed by atoms with Crippen molar-refractivity contribution in [2.24, 2.45) is 11.3 Å². The first-order chi connectivity index (χ1) is 12.2. The number of hydrogen-bond acceptors (Lipinski definition) is 3. The van der Waals surface area contributed by atoms with Gasteiger partial charge in [-0.3, -0.25) is 9.59 Å². The summed E-state index contributed by atoms with van der Waals surface area (Å²) in [6, 6.07) is 7.06. The number of hydrogen-bond donors (Lipinski definition) is 1. The molecule has 1 aromatic rings. The lowest BCUT2D eigenvalue weighted by molar-refractivity contribution is -0.144. The molecule has 26 heavy (non-hydrogen) atoms. The molecule has 5 nitrogen and oxygen atoms in total. The summed E-state index contributed by atoms with van der Waals surface area (Å²) in [6.07, 6.45) is 0.881. The molecule has 0 aliphatic carbocycles. The summed E-state index contributed by atoms with van der Waals surface area (Å²) in [5, 5.41) is 3.62. The normalized spacial score (nSPS) is 21.0. The number of amides is 2. The minimum Gasteiger partial charge on any atom is -0.383 e. The highest BCUT2D eigenvalue weighted by Crippen LogP contribution is 2.39. The molecule has 1 saturated heterocycles. The molecule has 1 aliphatic rings. The van der Waals surface area contributed by atoms with Crippen molar-refractivity contribution >= 4 is 23.4 Å². The zero-order valence-electron chi connectivity index (χ0n) is 16.0. The van der Waals surface area contributed by atoms with Crippen LogP contribution in [-0.4, -0.2) is 43.5 Å². The summed E-state index contributed by atoms with van der Waals surface area (Å²) < 4.78 is 5.17. The van der Waals surface area contributed by atoms with Crippen LogP contribution in [0.3, 0.4) is 0 Å². The predicted octanol–water partition coefficient (Wildman–Crippen LogP) is 3.43. The lowest BCUT2D eigenvalue weighted by atomic mass is 9.83.